The first-order valence-corrected chi connectivity index (χ1v) is 11.0. The molecule has 0 saturated carbocycles. The van der Waals surface area contributed by atoms with Crippen LogP contribution in [0.25, 0.3) is 0 Å². The van der Waals surface area contributed by atoms with Gasteiger partial charge in [-0.1, -0.05) is 89.7 Å². The van der Waals surface area contributed by atoms with Crippen LogP contribution in [-0.4, -0.2) is 11.9 Å². The van der Waals surface area contributed by atoms with Gasteiger partial charge in [-0.25, -0.2) is 0 Å². The Balaban J connectivity index is 3.36. The normalized spacial score (nSPS) is 11.2. The molecule has 0 aromatic heterocycles. The maximum Gasteiger partial charge on any atom is 0.313 e. The summed E-state index contributed by atoms with van der Waals surface area (Å²) in [5, 5.41) is 0. The summed E-state index contributed by atoms with van der Waals surface area (Å²) in [7, 11) is 0. The summed E-state index contributed by atoms with van der Waals surface area (Å²) < 4.78 is 4.90. The molecule has 0 rings (SSSR count). The van der Waals surface area contributed by atoms with E-state index in [1.807, 2.05) is 6.92 Å². The Bertz CT molecular complexity index is 360. The van der Waals surface area contributed by atoms with Crippen molar-refractivity contribution >= 4 is 11.9 Å². The molecule has 3 heteroatoms. The number of unbranched alkanes of at least 4 members (excludes halogenated alkanes) is 13. The third-order valence-corrected chi connectivity index (χ3v) is 4.70. The third-order valence-electron chi connectivity index (χ3n) is 4.70. The van der Waals surface area contributed by atoms with Crippen LogP contribution in [0.1, 0.15) is 123 Å². The van der Waals surface area contributed by atoms with E-state index in [0.29, 0.717) is 12.8 Å². The Morgan fingerprint density at radius 2 is 1.08 bits per heavy atom. The minimum absolute atomic E-state index is 0.343. The minimum Gasteiger partial charge on any atom is -0.393 e. The molecule has 0 amide bonds. The van der Waals surface area contributed by atoms with Gasteiger partial charge < -0.3 is 4.74 Å². The van der Waals surface area contributed by atoms with E-state index in [2.05, 4.69) is 19.1 Å². The Labute approximate surface area is 162 Å². The van der Waals surface area contributed by atoms with Crippen LogP contribution in [0.3, 0.4) is 0 Å². The third kappa shape index (κ3) is 19.2. The van der Waals surface area contributed by atoms with Crippen molar-refractivity contribution in [3.63, 3.8) is 0 Å². The molecule has 0 saturated heterocycles. The van der Waals surface area contributed by atoms with Gasteiger partial charge in [-0.15, -0.1) is 0 Å². The van der Waals surface area contributed by atoms with Crippen molar-refractivity contribution in [3.05, 3.63) is 12.2 Å². The zero-order valence-corrected chi connectivity index (χ0v) is 17.4. The minimum atomic E-state index is -0.347. The summed E-state index contributed by atoms with van der Waals surface area (Å²) >= 11 is 0. The van der Waals surface area contributed by atoms with Crippen molar-refractivity contribution < 1.29 is 14.3 Å². The molecule has 0 spiro atoms. The molecule has 0 bridgehead atoms. The van der Waals surface area contributed by atoms with Gasteiger partial charge in [0.15, 0.2) is 0 Å². The number of hydrogen-bond donors (Lipinski definition) is 0. The number of allylic oxidation sites excluding steroid dienone is 2. The van der Waals surface area contributed by atoms with Crippen LogP contribution in [0.4, 0.5) is 0 Å². The topological polar surface area (TPSA) is 43.4 Å². The summed E-state index contributed by atoms with van der Waals surface area (Å²) in [6, 6.07) is 0. The van der Waals surface area contributed by atoms with Crippen molar-refractivity contribution in [2.24, 2.45) is 0 Å². The molecular weight excluding hydrogens is 324 g/mol. The average molecular weight is 367 g/mol. The van der Waals surface area contributed by atoms with Crippen molar-refractivity contribution in [2.45, 2.75) is 123 Å². The van der Waals surface area contributed by atoms with Crippen LogP contribution in [0.2, 0.25) is 0 Å². The first-order valence-electron chi connectivity index (χ1n) is 11.0. The highest BCUT2D eigenvalue weighted by atomic mass is 16.6. The van der Waals surface area contributed by atoms with Crippen LogP contribution in [0.15, 0.2) is 12.2 Å². The predicted molar refractivity (Wildman–Crippen MR) is 110 cm³/mol. The average Bonchev–Trinajstić information content (AvgIpc) is 2.62. The van der Waals surface area contributed by atoms with Gasteiger partial charge in [0.05, 0.1) is 0 Å². The quantitative estimate of drug-likeness (QED) is 0.111. The lowest BCUT2D eigenvalue weighted by Gasteiger charge is -2.04. The van der Waals surface area contributed by atoms with Crippen molar-refractivity contribution in [1.29, 1.82) is 0 Å². The Kier molecular flexibility index (Phi) is 19.3. The van der Waals surface area contributed by atoms with Gasteiger partial charge in [-0.05, 0) is 32.6 Å². The van der Waals surface area contributed by atoms with E-state index < -0.39 is 0 Å². The molecule has 0 heterocycles. The zero-order valence-electron chi connectivity index (χ0n) is 17.4. The number of rotatable bonds is 18. The fourth-order valence-corrected chi connectivity index (χ4v) is 3.04. The van der Waals surface area contributed by atoms with Crippen molar-refractivity contribution in [2.75, 3.05) is 0 Å². The molecular formula is C23H42O3. The second kappa shape index (κ2) is 20.2. The Hall–Kier alpha value is -1.12. The van der Waals surface area contributed by atoms with E-state index in [0.717, 1.165) is 38.5 Å². The molecule has 0 fully saturated rings. The predicted octanol–water partition coefficient (Wildman–Crippen LogP) is 7.28. The SMILES string of the molecule is CC=CCCCCCCCC(=O)OC(=O)CCCCCCCCCCC. The van der Waals surface area contributed by atoms with E-state index in [-0.39, 0.29) is 11.9 Å². The van der Waals surface area contributed by atoms with Crippen molar-refractivity contribution in [1.82, 2.24) is 0 Å². The van der Waals surface area contributed by atoms with Gasteiger partial charge in [0.25, 0.3) is 0 Å². The van der Waals surface area contributed by atoms with Crippen LogP contribution >= 0.6 is 0 Å². The van der Waals surface area contributed by atoms with Gasteiger partial charge >= 0.3 is 11.9 Å². The molecule has 0 radical (unpaired) electrons. The van der Waals surface area contributed by atoms with E-state index in [1.165, 1.54) is 57.8 Å². The van der Waals surface area contributed by atoms with Crippen LogP contribution < -0.4 is 0 Å². The maximum atomic E-state index is 11.6. The second-order valence-corrected chi connectivity index (χ2v) is 7.30. The van der Waals surface area contributed by atoms with Gasteiger partial charge in [-0.2, -0.15) is 0 Å². The molecule has 152 valence electrons. The summed E-state index contributed by atoms with van der Waals surface area (Å²) in [5.74, 6) is -0.691. The van der Waals surface area contributed by atoms with Gasteiger partial charge in [0, 0.05) is 12.8 Å². The van der Waals surface area contributed by atoms with Crippen molar-refractivity contribution in [3.8, 4) is 0 Å². The molecule has 0 aromatic carbocycles. The largest absolute Gasteiger partial charge is 0.393 e. The molecule has 0 N–H and O–H groups in total. The summed E-state index contributed by atoms with van der Waals surface area (Å²) in [6.07, 6.45) is 22.6. The van der Waals surface area contributed by atoms with E-state index in [9.17, 15) is 9.59 Å². The molecule has 3 nitrogen and oxygen atoms in total. The van der Waals surface area contributed by atoms with Crippen LogP contribution in [-0.2, 0) is 14.3 Å². The van der Waals surface area contributed by atoms with Gasteiger partial charge in [-0.3, -0.25) is 9.59 Å². The molecule has 0 aliphatic carbocycles. The lowest BCUT2D eigenvalue weighted by Crippen LogP contribution is -2.11. The molecule has 0 aromatic rings. The molecule has 0 atom stereocenters. The van der Waals surface area contributed by atoms with Gasteiger partial charge in [0.2, 0.25) is 0 Å². The fourth-order valence-electron chi connectivity index (χ4n) is 3.04. The van der Waals surface area contributed by atoms with Gasteiger partial charge in [0.1, 0.15) is 0 Å². The smallest absolute Gasteiger partial charge is 0.313 e. The number of esters is 2. The zero-order chi connectivity index (χ0) is 19.3. The van der Waals surface area contributed by atoms with E-state index >= 15 is 0 Å². The number of carbonyl (C=O) groups is 2. The lowest BCUT2D eigenvalue weighted by molar-refractivity contribution is -0.159. The first kappa shape index (κ1) is 24.9. The molecule has 26 heavy (non-hydrogen) atoms. The Morgan fingerprint density at radius 1 is 0.654 bits per heavy atom. The molecule has 0 unspecified atom stereocenters. The highest BCUT2D eigenvalue weighted by Crippen LogP contribution is 2.11. The Morgan fingerprint density at radius 3 is 1.54 bits per heavy atom. The van der Waals surface area contributed by atoms with Crippen LogP contribution in [0, 0.1) is 0 Å². The monoisotopic (exact) mass is 366 g/mol. The first-order chi connectivity index (χ1) is 12.7. The molecule has 0 aliphatic rings. The maximum absolute atomic E-state index is 11.6. The summed E-state index contributed by atoms with van der Waals surface area (Å²) in [4.78, 5) is 23.3. The summed E-state index contributed by atoms with van der Waals surface area (Å²) in [6.45, 7) is 4.28. The fraction of sp³-hybridized carbons (Fsp3) is 0.826. The summed E-state index contributed by atoms with van der Waals surface area (Å²) in [5.41, 5.74) is 0. The highest BCUT2D eigenvalue weighted by Gasteiger charge is 2.09. The number of hydrogen-bond acceptors (Lipinski definition) is 3. The number of carbonyl (C=O) groups excluding carboxylic acids is 2. The molecule has 0 aliphatic heterocycles. The standard InChI is InChI=1S/C23H42O3/c1-3-5-7-9-11-13-15-17-19-21-23(25)26-22(24)20-18-16-14-12-10-8-6-4-2/h4,6H,3,5,7-21H2,1-2H3. The second-order valence-electron chi connectivity index (χ2n) is 7.30. The lowest BCUT2D eigenvalue weighted by atomic mass is 10.1. The van der Waals surface area contributed by atoms with E-state index in [4.69, 9.17) is 4.74 Å². The number of ether oxygens (including phenoxy) is 1. The van der Waals surface area contributed by atoms with Crippen LogP contribution in [0.5, 0.6) is 0 Å². The highest BCUT2D eigenvalue weighted by molar-refractivity contribution is 5.85. The van der Waals surface area contributed by atoms with E-state index in [1.54, 1.807) is 0 Å².